The number of alkyl halides is 3. The van der Waals surface area contributed by atoms with Crippen LogP contribution in [0.25, 0.3) is 11.3 Å². The molecule has 1 heterocycles. The average Bonchev–Trinajstić information content (AvgIpc) is 2.84. The van der Waals surface area contributed by atoms with Gasteiger partial charge < -0.3 is 9.84 Å². The molecule has 1 amide bonds. The summed E-state index contributed by atoms with van der Waals surface area (Å²) in [7, 11) is 0. The van der Waals surface area contributed by atoms with Gasteiger partial charge in [-0.2, -0.15) is 13.2 Å². The molecule has 0 fully saturated rings. The molecule has 8 heteroatoms. The highest BCUT2D eigenvalue weighted by Crippen LogP contribution is 2.21. The van der Waals surface area contributed by atoms with Crippen LogP contribution in [0.4, 0.5) is 13.2 Å². The Balaban J connectivity index is 2.03. The molecular weight excluding hydrogens is 297 g/mol. The fraction of sp³-hybridized carbons (Fsp3) is 0.167. The molecule has 0 spiro atoms. The van der Waals surface area contributed by atoms with E-state index in [1.54, 1.807) is 29.6 Å². The van der Waals surface area contributed by atoms with Gasteiger partial charge in [0.05, 0.1) is 6.54 Å². The number of halogens is 4. The van der Waals surface area contributed by atoms with Gasteiger partial charge >= 0.3 is 12.1 Å². The second-order valence-corrected chi connectivity index (χ2v) is 4.30. The molecular formula is C12H8ClF3N2O2. The van der Waals surface area contributed by atoms with Crippen molar-refractivity contribution in [2.45, 2.75) is 12.7 Å². The van der Waals surface area contributed by atoms with Gasteiger partial charge in [-0.15, -0.1) is 0 Å². The molecule has 0 aliphatic carbocycles. The van der Waals surface area contributed by atoms with Crippen molar-refractivity contribution in [2.24, 2.45) is 0 Å². The van der Waals surface area contributed by atoms with Gasteiger partial charge in [0.2, 0.25) is 0 Å². The lowest BCUT2D eigenvalue weighted by Crippen LogP contribution is -2.36. The molecule has 0 saturated carbocycles. The summed E-state index contributed by atoms with van der Waals surface area (Å²) < 4.78 is 40.8. The number of hydrogen-bond donors (Lipinski definition) is 1. The van der Waals surface area contributed by atoms with E-state index >= 15 is 0 Å². The number of hydrogen-bond acceptors (Lipinski definition) is 3. The van der Waals surface area contributed by atoms with Gasteiger partial charge in [-0.1, -0.05) is 28.9 Å². The molecule has 0 atom stereocenters. The predicted molar refractivity (Wildman–Crippen MR) is 64.9 cm³/mol. The van der Waals surface area contributed by atoms with Crippen molar-refractivity contribution in [3.8, 4) is 11.3 Å². The van der Waals surface area contributed by atoms with Crippen molar-refractivity contribution >= 4 is 17.5 Å². The summed E-state index contributed by atoms with van der Waals surface area (Å²) in [5.74, 6) is -1.91. The molecule has 0 aliphatic heterocycles. The zero-order chi connectivity index (χ0) is 14.8. The molecule has 0 unspecified atom stereocenters. The lowest BCUT2D eigenvalue weighted by Gasteiger charge is -2.05. The smallest absolute Gasteiger partial charge is 0.359 e. The average molecular weight is 305 g/mol. The lowest BCUT2D eigenvalue weighted by molar-refractivity contribution is -0.173. The van der Waals surface area contributed by atoms with E-state index in [0.29, 0.717) is 16.3 Å². The van der Waals surface area contributed by atoms with E-state index in [2.05, 4.69) is 5.16 Å². The Morgan fingerprint density at radius 3 is 2.55 bits per heavy atom. The molecule has 1 N–H and O–H groups in total. The van der Waals surface area contributed by atoms with Crippen molar-refractivity contribution in [1.82, 2.24) is 10.5 Å². The van der Waals surface area contributed by atoms with Crippen molar-refractivity contribution in [3.63, 3.8) is 0 Å². The van der Waals surface area contributed by atoms with Gasteiger partial charge in [0.1, 0.15) is 5.69 Å². The summed E-state index contributed by atoms with van der Waals surface area (Å²) in [4.78, 5) is 10.6. The summed E-state index contributed by atoms with van der Waals surface area (Å²) in [6.07, 6.45) is -4.92. The van der Waals surface area contributed by atoms with E-state index in [1.165, 1.54) is 6.07 Å². The minimum atomic E-state index is -4.92. The van der Waals surface area contributed by atoms with E-state index in [-0.39, 0.29) is 12.3 Å². The van der Waals surface area contributed by atoms with Crippen molar-refractivity contribution in [2.75, 3.05) is 0 Å². The maximum absolute atomic E-state index is 12.0. The summed E-state index contributed by atoms with van der Waals surface area (Å²) in [6, 6.07) is 8.13. The van der Waals surface area contributed by atoms with Crippen LogP contribution in [0, 0.1) is 0 Å². The minimum absolute atomic E-state index is 0.118. The largest absolute Gasteiger partial charge is 0.471 e. The SMILES string of the molecule is O=C(NCc1cc(-c2ccc(Cl)cc2)no1)C(F)(F)F. The minimum Gasteiger partial charge on any atom is -0.359 e. The summed E-state index contributed by atoms with van der Waals surface area (Å²) in [6.45, 7) is -0.390. The molecule has 1 aromatic carbocycles. The quantitative estimate of drug-likeness (QED) is 0.947. The molecule has 4 nitrogen and oxygen atoms in total. The fourth-order valence-corrected chi connectivity index (χ4v) is 1.55. The Morgan fingerprint density at radius 1 is 1.30 bits per heavy atom. The predicted octanol–water partition coefficient (Wildman–Crippen LogP) is 3.17. The highest BCUT2D eigenvalue weighted by molar-refractivity contribution is 6.30. The van der Waals surface area contributed by atoms with E-state index in [4.69, 9.17) is 16.1 Å². The monoisotopic (exact) mass is 304 g/mol. The van der Waals surface area contributed by atoms with Crippen LogP contribution in [0.15, 0.2) is 34.9 Å². The van der Waals surface area contributed by atoms with Crippen LogP contribution < -0.4 is 5.32 Å². The fourth-order valence-electron chi connectivity index (χ4n) is 1.42. The normalized spacial score (nSPS) is 11.4. The molecule has 106 valence electrons. The summed E-state index contributed by atoms with van der Waals surface area (Å²) >= 11 is 5.73. The number of carbonyl (C=O) groups is 1. The van der Waals surface area contributed by atoms with Crippen LogP contribution in [-0.2, 0) is 11.3 Å². The molecule has 0 radical (unpaired) electrons. The first-order valence-corrected chi connectivity index (χ1v) is 5.80. The van der Waals surface area contributed by atoms with Crippen LogP contribution >= 0.6 is 11.6 Å². The number of rotatable bonds is 3. The van der Waals surface area contributed by atoms with E-state index in [9.17, 15) is 18.0 Å². The van der Waals surface area contributed by atoms with Crippen LogP contribution in [0.1, 0.15) is 5.76 Å². The van der Waals surface area contributed by atoms with Gasteiger partial charge in [-0.3, -0.25) is 4.79 Å². The molecule has 2 aromatic rings. The molecule has 2 rings (SSSR count). The highest BCUT2D eigenvalue weighted by Gasteiger charge is 2.38. The van der Waals surface area contributed by atoms with Crippen molar-refractivity contribution in [1.29, 1.82) is 0 Å². The maximum atomic E-state index is 12.0. The maximum Gasteiger partial charge on any atom is 0.471 e. The molecule has 0 saturated heterocycles. The Bertz CT molecular complexity index is 608. The van der Waals surface area contributed by atoms with Crippen molar-refractivity contribution in [3.05, 3.63) is 41.1 Å². The van der Waals surface area contributed by atoms with E-state index in [1.807, 2.05) is 0 Å². The third-order valence-corrected chi connectivity index (χ3v) is 2.63. The number of aromatic nitrogens is 1. The number of benzene rings is 1. The summed E-state index contributed by atoms with van der Waals surface area (Å²) in [5, 5.41) is 5.95. The van der Waals surface area contributed by atoms with Gasteiger partial charge in [0.25, 0.3) is 0 Å². The number of carbonyl (C=O) groups excluding carboxylic acids is 1. The van der Waals surface area contributed by atoms with E-state index in [0.717, 1.165) is 0 Å². The molecule has 0 aliphatic rings. The van der Waals surface area contributed by atoms with Crippen LogP contribution in [0.5, 0.6) is 0 Å². The zero-order valence-corrected chi connectivity index (χ0v) is 10.6. The lowest BCUT2D eigenvalue weighted by atomic mass is 10.1. The number of nitrogens with zero attached hydrogens (tertiary/aromatic N) is 1. The third kappa shape index (κ3) is 3.51. The number of amides is 1. The number of nitrogens with one attached hydrogen (secondary N) is 1. The van der Waals surface area contributed by atoms with Gasteiger partial charge in [0, 0.05) is 16.7 Å². The first-order valence-electron chi connectivity index (χ1n) is 5.43. The second-order valence-electron chi connectivity index (χ2n) is 3.87. The Kier molecular flexibility index (Phi) is 3.99. The second kappa shape index (κ2) is 5.54. The standard InChI is InChI=1S/C12H8ClF3N2O2/c13-8-3-1-7(2-4-8)10-5-9(20-18-10)6-17-11(19)12(14,15)16/h1-5H,6H2,(H,17,19). The zero-order valence-electron chi connectivity index (χ0n) is 9.87. The van der Waals surface area contributed by atoms with Gasteiger partial charge in [-0.05, 0) is 12.1 Å². The topological polar surface area (TPSA) is 55.1 Å². The molecule has 1 aromatic heterocycles. The third-order valence-electron chi connectivity index (χ3n) is 2.38. The van der Waals surface area contributed by atoms with Crippen molar-refractivity contribution < 1.29 is 22.5 Å². The van der Waals surface area contributed by atoms with Gasteiger partial charge in [-0.25, -0.2) is 0 Å². The first kappa shape index (κ1) is 14.4. The highest BCUT2D eigenvalue weighted by atomic mass is 35.5. The Labute approximate surface area is 116 Å². The molecule has 0 bridgehead atoms. The first-order chi connectivity index (χ1) is 9.36. The Morgan fingerprint density at radius 2 is 1.95 bits per heavy atom. The molecule has 20 heavy (non-hydrogen) atoms. The van der Waals surface area contributed by atoms with Crippen LogP contribution in [-0.4, -0.2) is 17.2 Å². The van der Waals surface area contributed by atoms with Gasteiger partial charge in [0.15, 0.2) is 5.76 Å². The van der Waals surface area contributed by atoms with E-state index < -0.39 is 12.1 Å². The van der Waals surface area contributed by atoms with Crippen LogP contribution in [0.3, 0.4) is 0 Å². The summed E-state index contributed by atoms with van der Waals surface area (Å²) in [5.41, 5.74) is 1.14. The Hall–Kier alpha value is -2.02. The van der Waals surface area contributed by atoms with Crippen LogP contribution in [0.2, 0.25) is 5.02 Å².